The van der Waals surface area contributed by atoms with Crippen molar-refractivity contribution in [2.75, 3.05) is 26.4 Å². The molecule has 2 aliphatic heterocycles. The summed E-state index contributed by atoms with van der Waals surface area (Å²) < 4.78 is 44.1. The van der Waals surface area contributed by atoms with E-state index in [-0.39, 0.29) is 32.8 Å². The highest BCUT2D eigenvalue weighted by Gasteiger charge is 2.64. The van der Waals surface area contributed by atoms with Crippen LogP contribution in [0.15, 0.2) is 0 Å². The zero-order chi connectivity index (χ0) is 24.9. The zero-order valence-electron chi connectivity index (χ0n) is 19.9. The Kier molecular flexibility index (Phi) is 8.50. The number of rotatable bonds is 8. The van der Waals surface area contributed by atoms with Crippen LogP contribution in [-0.4, -0.2) is 86.3 Å². The maximum Gasteiger partial charge on any atom is 0.338 e. The summed E-state index contributed by atoms with van der Waals surface area (Å²) in [7, 11) is 0. The fraction of sp³-hybridized carbons (Fsp3) is 0.818. The van der Waals surface area contributed by atoms with Gasteiger partial charge in [0.25, 0.3) is 0 Å². The number of carbonyl (C=O) groups is 4. The number of hydrogen-bond donors (Lipinski definition) is 0. The molecule has 3 fully saturated rings. The van der Waals surface area contributed by atoms with Gasteiger partial charge in [-0.25, -0.2) is 19.2 Å². The molecule has 3 aliphatic rings. The highest BCUT2D eigenvalue weighted by Crippen LogP contribution is 2.50. The van der Waals surface area contributed by atoms with Gasteiger partial charge >= 0.3 is 23.9 Å². The Hall–Kier alpha value is -2.28. The topological polar surface area (TPSA) is 142 Å². The third-order valence-corrected chi connectivity index (χ3v) is 5.65. The van der Waals surface area contributed by atoms with E-state index in [1.54, 1.807) is 27.7 Å². The van der Waals surface area contributed by atoms with Crippen molar-refractivity contribution in [3.8, 4) is 0 Å². The Labute approximate surface area is 197 Å². The molecule has 0 amide bonds. The van der Waals surface area contributed by atoms with Crippen LogP contribution in [0.2, 0.25) is 0 Å². The molecule has 0 bridgehead atoms. The van der Waals surface area contributed by atoms with Crippen molar-refractivity contribution < 1.29 is 57.1 Å². The second-order valence-electron chi connectivity index (χ2n) is 8.01. The summed E-state index contributed by atoms with van der Waals surface area (Å²) in [6.45, 7) is 6.85. The van der Waals surface area contributed by atoms with Gasteiger partial charge in [-0.05, 0) is 34.1 Å². The van der Waals surface area contributed by atoms with Gasteiger partial charge in [0.2, 0.25) is 0 Å². The molecule has 1 saturated carbocycles. The Bertz CT molecular complexity index is 666. The van der Waals surface area contributed by atoms with E-state index in [1.807, 2.05) is 0 Å². The van der Waals surface area contributed by atoms with Crippen molar-refractivity contribution in [1.82, 2.24) is 0 Å². The van der Waals surface area contributed by atoms with E-state index in [2.05, 4.69) is 0 Å². The molecule has 192 valence electrons. The summed E-state index contributed by atoms with van der Waals surface area (Å²) >= 11 is 0. The second kappa shape index (κ2) is 11.0. The number of esters is 4. The molecule has 0 N–H and O–H groups in total. The Morgan fingerprint density at radius 2 is 0.853 bits per heavy atom. The van der Waals surface area contributed by atoms with Crippen LogP contribution in [0.25, 0.3) is 0 Å². The lowest BCUT2D eigenvalue weighted by Crippen LogP contribution is -2.48. The maximum absolute atomic E-state index is 12.5. The lowest BCUT2D eigenvalue weighted by molar-refractivity contribution is -0.287. The summed E-state index contributed by atoms with van der Waals surface area (Å²) in [5, 5.41) is 0. The lowest BCUT2D eigenvalue weighted by atomic mass is 9.88. The minimum absolute atomic E-state index is 0.0832. The van der Waals surface area contributed by atoms with Crippen molar-refractivity contribution in [2.24, 2.45) is 0 Å². The van der Waals surface area contributed by atoms with Crippen molar-refractivity contribution in [3.63, 3.8) is 0 Å². The van der Waals surface area contributed by atoms with E-state index in [0.29, 0.717) is 19.3 Å². The van der Waals surface area contributed by atoms with Gasteiger partial charge < -0.3 is 37.9 Å². The van der Waals surface area contributed by atoms with E-state index in [0.717, 1.165) is 0 Å². The predicted octanol–water partition coefficient (Wildman–Crippen LogP) is 0.773. The molecule has 2 heterocycles. The smallest absolute Gasteiger partial charge is 0.338 e. The maximum atomic E-state index is 12.5. The molecule has 12 heteroatoms. The lowest BCUT2D eigenvalue weighted by Gasteiger charge is -2.41. The SMILES string of the molecule is CCOC(=O)[C@@H]1OC2(CCCC3(C2)O[C@@H](C(=O)OCC)[C@H](C(=O)OCC)O3)O[C@H]1C(=O)OCC. The molecule has 0 unspecified atom stereocenters. The van der Waals surface area contributed by atoms with E-state index in [4.69, 9.17) is 37.9 Å². The van der Waals surface area contributed by atoms with Crippen LogP contribution in [0.4, 0.5) is 0 Å². The monoisotopic (exact) mass is 488 g/mol. The van der Waals surface area contributed by atoms with Gasteiger partial charge in [-0.1, -0.05) is 0 Å². The standard InChI is InChI=1S/C22H32O12/c1-5-27-17(23)13-14(18(24)28-6-2)32-21(31-13)10-9-11-22(12-21)33-15(19(25)29-7-3)16(34-22)20(26)30-8-4/h13-16H,5-12H2,1-4H3/t13-,14-,15-,16-/m1/s1. The molecular formula is C22H32O12. The van der Waals surface area contributed by atoms with Gasteiger partial charge in [-0.2, -0.15) is 0 Å². The molecule has 34 heavy (non-hydrogen) atoms. The van der Waals surface area contributed by atoms with Gasteiger partial charge in [-0.3, -0.25) is 0 Å². The molecule has 3 rings (SSSR count). The van der Waals surface area contributed by atoms with Gasteiger partial charge in [-0.15, -0.1) is 0 Å². The van der Waals surface area contributed by atoms with Crippen LogP contribution in [0, 0.1) is 0 Å². The summed E-state index contributed by atoms with van der Waals surface area (Å²) in [5.41, 5.74) is 0. The van der Waals surface area contributed by atoms with Crippen LogP contribution in [-0.2, 0) is 57.1 Å². The first-order valence-corrected chi connectivity index (χ1v) is 11.6. The van der Waals surface area contributed by atoms with Crippen LogP contribution < -0.4 is 0 Å². The van der Waals surface area contributed by atoms with Gasteiger partial charge in [0, 0.05) is 12.8 Å². The molecule has 12 nitrogen and oxygen atoms in total. The summed E-state index contributed by atoms with van der Waals surface area (Å²) in [4.78, 5) is 50.0. The molecule has 1 aliphatic carbocycles. The van der Waals surface area contributed by atoms with Crippen molar-refractivity contribution in [2.45, 2.75) is 89.4 Å². The first kappa shape index (κ1) is 26.3. The number of hydrogen-bond acceptors (Lipinski definition) is 12. The Morgan fingerprint density at radius 1 is 0.588 bits per heavy atom. The minimum Gasteiger partial charge on any atom is -0.464 e. The molecule has 0 radical (unpaired) electrons. The summed E-state index contributed by atoms with van der Waals surface area (Å²) in [6.07, 6.45) is -4.47. The Balaban J connectivity index is 1.85. The minimum atomic E-state index is -1.46. The van der Waals surface area contributed by atoms with Crippen LogP contribution in [0.1, 0.15) is 53.4 Å². The number of ether oxygens (including phenoxy) is 8. The van der Waals surface area contributed by atoms with Crippen LogP contribution in [0.5, 0.6) is 0 Å². The molecule has 2 spiro atoms. The summed E-state index contributed by atoms with van der Waals surface area (Å²) in [5.74, 6) is -5.98. The molecule has 0 aromatic carbocycles. The molecule has 0 aromatic heterocycles. The fourth-order valence-electron chi connectivity index (χ4n) is 4.43. The van der Waals surface area contributed by atoms with Crippen molar-refractivity contribution in [3.05, 3.63) is 0 Å². The second-order valence-corrected chi connectivity index (χ2v) is 8.01. The van der Waals surface area contributed by atoms with Crippen molar-refractivity contribution in [1.29, 1.82) is 0 Å². The Morgan fingerprint density at radius 3 is 1.09 bits per heavy atom. The number of carbonyl (C=O) groups excluding carboxylic acids is 4. The largest absolute Gasteiger partial charge is 0.464 e. The van der Waals surface area contributed by atoms with E-state index in [1.165, 1.54) is 0 Å². The van der Waals surface area contributed by atoms with Crippen LogP contribution >= 0.6 is 0 Å². The first-order valence-electron chi connectivity index (χ1n) is 11.6. The van der Waals surface area contributed by atoms with Crippen molar-refractivity contribution >= 4 is 23.9 Å². The van der Waals surface area contributed by atoms with Gasteiger partial charge in [0.05, 0.1) is 32.8 Å². The van der Waals surface area contributed by atoms with E-state index < -0.39 is 59.9 Å². The predicted molar refractivity (Wildman–Crippen MR) is 110 cm³/mol. The normalized spacial score (nSPS) is 29.1. The summed E-state index contributed by atoms with van der Waals surface area (Å²) in [6, 6.07) is 0. The quantitative estimate of drug-likeness (QED) is 0.352. The highest BCUT2D eigenvalue weighted by molar-refractivity contribution is 5.87. The molecule has 4 atom stereocenters. The fourth-order valence-corrected chi connectivity index (χ4v) is 4.43. The van der Waals surface area contributed by atoms with E-state index in [9.17, 15) is 19.2 Å². The molecular weight excluding hydrogens is 456 g/mol. The van der Waals surface area contributed by atoms with E-state index >= 15 is 0 Å². The average molecular weight is 488 g/mol. The zero-order valence-corrected chi connectivity index (χ0v) is 19.9. The third kappa shape index (κ3) is 5.35. The van der Waals surface area contributed by atoms with Gasteiger partial charge in [0.1, 0.15) is 0 Å². The average Bonchev–Trinajstić information content (AvgIpc) is 3.34. The van der Waals surface area contributed by atoms with Gasteiger partial charge in [0.15, 0.2) is 36.0 Å². The molecule has 0 aromatic rings. The van der Waals surface area contributed by atoms with Crippen LogP contribution in [0.3, 0.4) is 0 Å². The molecule has 2 saturated heterocycles. The third-order valence-electron chi connectivity index (χ3n) is 5.65. The highest BCUT2D eigenvalue weighted by atomic mass is 16.8. The first-order chi connectivity index (χ1) is 16.2.